The quantitative estimate of drug-likeness (QED) is 0.208. The van der Waals surface area contributed by atoms with Gasteiger partial charge in [0.2, 0.25) is 0 Å². The molecule has 4 aromatic carbocycles. The summed E-state index contributed by atoms with van der Waals surface area (Å²) >= 11 is 0. The summed E-state index contributed by atoms with van der Waals surface area (Å²) in [5, 5.41) is 6.56. The highest BCUT2D eigenvalue weighted by molar-refractivity contribution is 6.09. The lowest BCUT2D eigenvalue weighted by Gasteiger charge is -2.13. The summed E-state index contributed by atoms with van der Waals surface area (Å²) < 4.78 is 10.3. The molecular formula is C35H25N5O. The summed E-state index contributed by atoms with van der Waals surface area (Å²) in [7, 11) is 0. The van der Waals surface area contributed by atoms with E-state index in [1.165, 1.54) is 16.7 Å². The van der Waals surface area contributed by atoms with Crippen molar-refractivity contribution >= 4 is 27.5 Å². The Morgan fingerprint density at radius 2 is 1.56 bits per heavy atom. The lowest BCUT2D eigenvalue weighted by atomic mass is 9.96. The molecule has 0 atom stereocenters. The van der Waals surface area contributed by atoms with Crippen LogP contribution in [0.2, 0.25) is 0 Å². The van der Waals surface area contributed by atoms with Crippen molar-refractivity contribution in [2.45, 2.75) is 13.8 Å². The monoisotopic (exact) mass is 531 g/mol. The average Bonchev–Trinajstić information content (AvgIpc) is 3.64. The van der Waals surface area contributed by atoms with Gasteiger partial charge in [0.25, 0.3) is 0 Å². The third kappa shape index (κ3) is 4.30. The Bertz CT molecular complexity index is 2100. The molecule has 3 aromatic heterocycles. The smallest absolute Gasteiger partial charge is 0.193 e. The zero-order chi connectivity index (χ0) is 27.9. The summed E-state index contributed by atoms with van der Waals surface area (Å²) in [4.78, 5) is 8.46. The van der Waals surface area contributed by atoms with E-state index < -0.39 is 0 Å². The zero-order valence-corrected chi connectivity index (χ0v) is 22.6. The Hall–Kier alpha value is -5.67. The zero-order valence-electron chi connectivity index (χ0n) is 22.6. The van der Waals surface area contributed by atoms with Crippen LogP contribution in [0, 0.1) is 20.4 Å². The lowest BCUT2D eigenvalue weighted by molar-refractivity contribution is 0.483. The van der Waals surface area contributed by atoms with Gasteiger partial charge in [0.05, 0.1) is 23.3 Å². The van der Waals surface area contributed by atoms with Crippen molar-refractivity contribution in [2.24, 2.45) is 0 Å². The second-order valence-corrected chi connectivity index (χ2v) is 10.1. The number of para-hydroxylation sites is 1. The second-order valence-electron chi connectivity index (χ2n) is 10.1. The number of benzene rings is 4. The first-order valence-corrected chi connectivity index (χ1v) is 13.4. The summed E-state index contributed by atoms with van der Waals surface area (Å²) in [6.45, 7) is 11.9. The molecule has 7 aromatic rings. The Labute approximate surface area is 237 Å². The molecule has 0 unspecified atom stereocenters. The molecule has 7 rings (SSSR count). The molecule has 6 nitrogen and oxygen atoms in total. The number of hydrogen-bond donors (Lipinski definition) is 0. The van der Waals surface area contributed by atoms with Crippen molar-refractivity contribution in [1.82, 2.24) is 19.3 Å². The number of nitrogens with zero attached hydrogens (tertiary/aromatic N) is 5. The summed E-state index contributed by atoms with van der Waals surface area (Å²) in [6.07, 6.45) is 5.43. The average molecular weight is 532 g/mol. The molecule has 0 fully saturated rings. The van der Waals surface area contributed by atoms with Gasteiger partial charge in [-0.1, -0.05) is 36.4 Å². The number of aryl methyl sites for hydroxylation is 2. The van der Waals surface area contributed by atoms with Crippen molar-refractivity contribution in [2.75, 3.05) is 0 Å². The Balaban J connectivity index is 1.38. The normalized spacial score (nSPS) is 11.1. The topological polar surface area (TPSA) is 49.2 Å². The minimum absolute atomic E-state index is 0.482. The van der Waals surface area contributed by atoms with Gasteiger partial charge in [0.15, 0.2) is 5.69 Å². The first-order chi connectivity index (χ1) is 20.1. The van der Waals surface area contributed by atoms with Crippen molar-refractivity contribution in [3.63, 3.8) is 0 Å². The van der Waals surface area contributed by atoms with Crippen LogP contribution in [0.15, 0.2) is 116 Å². The molecule has 196 valence electrons. The van der Waals surface area contributed by atoms with E-state index in [0.717, 1.165) is 38.9 Å². The maximum absolute atomic E-state index is 7.57. The molecule has 41 heavy (non-hydrogen) atoms. The number of aromatic nitrogens is 4. The molecule has 0 saturated heterocycles. The standard InChI is InChI=1S/C35H25N5O/c1-23-8-6-9-24(2)35(23)25-14-16-37-34(18-25)40-32-11-5-4-10-30(32)31-13-12-28(22-33(31)40)41-29-20-26(36-3)19-27(21-29)39-17-7-15-38-39/h4-22H,1-2H3. The SMILES string of the molecule is [C-]#[N+]c1cc(Oc2ccc3c4ccccc4n(-c4cc(-c5c(C)cccc5C)ccn4)c3c2)cc(-n2cccn2)c1. The highest BCUT2D eigenvalue weighted by Gasteiger charge is 2.16. The van der Waals surface area contributed by atoms with Gasteiger partial charge in [-0.3, -0.25) is 4.57 Å². The largest absolute Gasteiger partial charge is 0.459 e. The third-order valence-corrected chi connectivity index (χ3v) is 7.40. The molecule has 3 heterocycles. The molecule has 0 saturated carbocycles. The van der Waals surface area contributed by atoms with E-state index in [9.17, 15) is 0 Å². The summed E-state index contributed by atoms with van der Waals surface area (Å²) in [6, 6.07) is 32.4. The summed E-state index contributed by atoms with van der Waals surface area (Å²) in [5.41, 5.74) is 8.13. The molecule has 0 bridgehead atoms. The van der Waals surface area contributed by atoms with Crippen LogP contribution in [0.5, 0.6) is 11.5 Å². The van der Waals surface area contributed by atoms with E-state index in [0.29, 0.717) is 17.2 Å². The van der Waals surface area contributed by atoms with Crippen molar-refractivity contribution < 1.29 is 4.74 Å². The van der Waals surface area contributed by atoms with Crippen LogP contribution in [-0.2, 0) is 0 Å². The molecule has 0 spiro atoms. The van der Waals surface area contributed by atoms with Gasteiger partial charge in [0.1, 0.15) is 17.3 Å². The van der Waals surface area contributed by atoms with Crippen molar-refractivity contribution in [3.05, 3.63) is 138 Å². The Morgan fingerprint density at radius 3 is 2.37 bits per heavy atom. The maximum Gasteiger partial charge on any atom is 0.193 e. The highest BCUT2D eigenvalue weighted by Crippen LogP contribution is 2.37. The number of hydrogen-bond acceptors (Lipinski definition) is 3. The van der Waals surface area contributed by atoms with Gasteiger partial charge in [-0.2, -0.15) is 5.10 Å². The number of ether oxygens (including phenoxy) is 1. The van der Waals surface area contributed by atoms with Gasteiger partial charge in [-0.15, -0.1) is 0 Å². The highest BCUT2D eigenvalue weighted by atomic mass is 16.5. The summed E-state index contributed by atoms with van der Waals surface area (Å²) in [5.74, 6) is 2.08. The van der Waals surface area contributed by atoms with Crippen LogP contribution in [0.25, 0.3) is 49.3 Å². The maximum atomic E-state index is 7.57. The minimum atomic E-state index is 0.482. The number of fused-ring (bicyclic) bond motifs is 3. The van der Waals surface area contributed by atoms with Crippen LogP contribution in [0.3, 0.4) is 0 Å². The van der Waals surface area contributed by atoms with E-state index in [-0.39, 0.29) is 0 Å². The van der Waals surface area contributed by atoms with E-state index in [1.54, 1.807) is 23.0 Å². The molecular weight excluding hydrogens is 506 g/mol. The number of pyridine rings is 1. The van der Waals surface area contributed by atoms with Gasteiger partial charge in [-0.25, -0.2) is 14.5 Å². The van der Waals surface area contributed by atoms with Crippen molar-refractivity contribution in [3.8, 4) is 34.1 Å². The molecule has 6 heteroatoms. The van der Waals surface area contributed by atoms with Crippen LogP contribution in [0.4, 0.5) is 5.69 Å². The molecule has 0 amide bonds. The fourth-order valence-electron chi connectivity index (χ4n) is 5.61. The molecule has 0 radical (unpaired) electrons. The fraction of sp³-hybridized carbons (Fsp3) is 0.0571. The second kappa shape index (κ2) is 9.82. The minimum Gasteiger partial charge on any atom is -0.459 e. The molecule has 0 N–H and O–H groups in total. The van der Waals surface area contributed by atoms with E-state index >= 15 is 0 Å². The molecule has 0 aliphatic rings. The molecule has 0 aliphatic carbocycles. The number of rotatable bonds is 5. The van der Waals surface area contributed by atoms with Crippen LogP contribution >= 0.6 is 0 Å². The van der Waals surface area contributed by atoms with Gasteiger partial charge < -0.3 is 4.74 Å². The van der Waals surface area contributed by atoms with E-state index in [1.807, 2.05) is 36.7 Å². The first-order valence-electron chi connectivity index (χ1n) is 13.4. The predicted molar refractivity (Wildman–Crippen MR) is 163 cm³/mol. The Morgan fingerprint density at radius 1 is 0.732 bits per heavy atom. The van der Waals surface area contributed by atoms with Crippen LogP contribution in [0.1, 0.15) is 11.1 Å². The Kier molecular flexibility index (Phi) is 5.84. The van der Waals surface area contributed by atoms with Gasteiger partial charge in [-0.05, 0) is 84.6 Å². The molecule has 0 aliphatic heterocycles. The first kappa shape index (κ1) is 24.4. The van der Waals surface area contributed by atoms with Gasteiger partial charge in [0, 0.05) is 41.5 Å². The predicted octanol–water partition coefficient (Wildman–Crippen LogP) is 8.99. The third-order valence-electron chi connectivity index (χ3n) is 7.40. The fourth-order valence-corrected chi connectivity index (χ4v) is 5.61. The lowest BCUT2D eigenvalue weighted by Crippen LogP contribution is -1.99. The van der Waals surface area contributed by atoms with E-state index in [2.05, 4.69) is 89.0 Å². The van der Waals surface area contributed by atoms with E-state index in [4.69, 9.17) is 16.3 Å². The van der Waals surface area contributed by atoms with Crippen LogP contribution in [-0.4, -0.2) is 19.3 Å². The van der Waals surface area contributed by atoms with Crippen LogP contribution < -0.4 is 4.74 Å². The van der Waals surface area contributed by atoms with Crippen molar-refractivity contribution in [1.29, 1.82) is 0 Å². The van der Waals surface area contributed by atoms with Gasteiger partial charge >= 0.3 is 0 Å².